The lowest BCUT2D eigenvalue weighted by Crippen LogP contribution is -2.42. The summed E-state index contributed by atoms with van der Waals surface area (Å²) in [5.74, 6) is -0.113. The molecule has 1 fully saturated rings. The second kappa shape index (κ2) is 5.19. The molecule has 2 heterocycles. The average Bonchev–Trinajstić information content (AvgIpc) is 3.02. The number of amides is 1. The third-order valence-corrected chi connectivity index (χ3v) is 3.16. The molecule has 1 aliphatic heterocycles. The van der Waals surface area contributed by atoms with Gasteiger partial charge in [0.1, 0.15) is 6.10 Å². The Balaban J connectivity index is 1.73. The zero-order valence-electron chi connectivity index (χ0n) is 10.3. The highest BCUT2D eigenvalue weighted by molar-refractivity contribution is 5.91. The van der Waals surface area contributed by atoms with Crippen LogP contribution in [0, 0.1) is 0 Å². The van der Waals surface area contributed by atoms with Crippen LogP contribution in [0.5, 0.6) is 0 Å². The highest BCUT2D eigenvalue weighted by Gasteiger charge is 2.27. The van der Waals surface area contributed by atoms with Crippen molar-refractivity contribution in [3.63, 3.8) is 0 Å². The molecule has 0 spiro atoms. The minimum absolute atomic E-state index is 0.0780. The van der Waals surface area contributed by atoms with E-state index >= 15 is 0 Å². The minimum atomic E-state index is -0.113. The highest BCUT2D eigenvalue weighted by atomic mass is 16.5. The fraction of sp³-hybridized carbons (Fsp3) is 0.308. The quantitative estimate of drug-likeness (QED) is 0.873. The van der Waals surface area contributed by atoms with Crippen molar-refractivity contribution in [3.05, 3.63) is 47.8 Å². The van der Waals surface area contributed by atoms with Gasteiger partial charge in [-0.3, -0.25) is 4.79 Å². The zero-order chi connectivity index (χ0) is 13.1. The van der Waals surface area contributed by atoms with Crippen molar-refractivity contribution in [1.29, 1.82) is 0 Å². The van der Waals surface area contributed by atoms with Crippen LogP contribution in [0.1, 0.15) is 22.2 Å². The first-order valence-electron chi connectivity index (χ1n) is 6.16. The van der Waals surface area contributed by atoms with Gasteiger partial charge in [-0.15, -0.1) is 0 Å². The number of carbonyl (C=O) groups is 1. The molecule has 2 aromatic rings. The van der Waals surface area contributed by atoms with Crippen LogP contribution in [-0.4, -0.2) is 45.9 Å². The van der Waals surface area contributed by atoms with Gasteiger partial charge in [0.2, 0.25) is 0 Å². The number of ether oxygens (including phenoxy) is 1. The molecule has 0 aliphatic carbocycles. The summed E-state index contributed by atoms with van der Waals surface area (Å²) in [6.45, 7) is 1.65. The number of morpholine rings is 1. The molecule has 1 aromatic carbocycles. The molecule has 0 radical (unpaired) electrons. The van der Waals surface area contributed by atoms with Gasteiger partial charge < -0.3 is 9.64 Å². The molecule has 3 rings (SSSR count). The molecule has 1 aromatic heterocycles. The first-order valence-corrected chi connectivity index (χ1v) is 6.16. The molecule has 1 N–H and O–H groups in total. The first kappa shape index (κ1) is 11.9. The smallest absolute Gasteiger partial charge is 0.276 e. The SMILES string of the molecule is O=C(c1cn[nH]n1)N1CCOC(c2ccccc2)C1. The maximum Gasteiger partial charge on any atom is 0.276 e. The molecular formula is C13H14N4O2. The standard InChI is InChI=1S/C13H14N4O2/c18-13(11-8-14-16-15-11)17-6-7-19-12(9-17)10-4-2-1-3-5-10/h1-5,8,12H,6-7,9H2,(H,14,15,16). The Kier molecular flexibility index (Phi) is 3.24. The monoisotopic (exact) mass is 258 g/mol. The second-order valence-electron chi connectivity index (χ2n) is 4.38. The van der Waals surface area contributed by atoms with Crippen LogP contribution in [0.4, 0.5) is 0 Å². The third-order valence-electron chi connectivity index (χ3n) is 3.16. The number of aromatic amines is 1. The lowest BCUT2D eigenvalue weighted by atomic mass is 10.1. The number of nitrogens with one attached hydrogen (secondary N) is 1. The second-order valence-corrected chi connectivity index (χ2v) is 4.38. The number of hydrogen-bond acceptors (Lipinski definition) is 4. The Morgan fingerprint density at radius 1 is 1.37 bits per heavy atom. The van der Waals surface area contributed by atoms with Gasteiger partial charge in [0.15, 0.2) is 5.69 Å². The van der Waals surface area contributed by atoms with Crippen LogP contribution in [0.25, 0.3) is 0 Å². The molecule has 1 saturated heterocycles. The summed E-state index contributed by atoms with van der Waals surface area (Å²) < 4.78 is 5.72. The topological polar surface area (TPSA) is 71.1 Å². The van der Waals surface area contributed by atoms with E-state index in [1.54, 1.807) is 4.90 Å². The van der Waals surface area contributed by atoms with E-state index in [4.69, 9.17) is 4.74 Å². The lowest BCUT2D eigenvalue weighted by Gasteiger charge is -2.32. The summed E-state index contributed by atoms with van der Waals surface area (Å²) in [5, 5.41) is 9.94. The summed E-state index contributed by atoms with van der Waals surface area (Å²) in [7, 11) is 0. The Hall–Kier alpha value is -2.21. The third kappa shape index (κ3) is 2.48. The van der Waals surface area contributed by atoms with Gasteiger partial charge >= 0.3 is 0 Å². The van der Waals surface area contributed by atoms with Gasteiger partial charge in [-0.05, 0) is 5.56 Å². The van der Waals surface area contributed by atoms with E-state index in [2.05, 4.69) is 15.4 Å². The van der Waals surface area contributed by atoms with Gasteiger partial charge in [0.25, 0.3) is 5.91 Å². The summed E-state index contributed by atoms with van der Waals surface area (Å²) in [6, 6.07) is 9.92. The predicted octanol–water partition coefficient (Wildman–Crippen LogP) is 1.02. The summed E-state index contributed by atoms with van der Waals surface area (Å²) in [5.41, 5.74) is 1.42. The predicted molar refractivity (Wildman–Crippen MR) is 67.4 cm³/mol. The Morgan fingerprint density at radius 2 is 2.21 bits per heavy atom. The largest absolute Gasteiger partial charge is 0.370 e. The van der Waals surface area contributed by atoms with Gasteiger partial charge in [0, 0.05) is 6.54 Å². The molecule has 1 amide bonds. The van der Waals surface area contributed by atoms with Crippen LogP contribution in [0.3, 0.4) is 0 Å². The van der Waals surface area contributed by atoms with Crippen molar-refractivity contribution in [2.45, 2.75) is 6.10 Å². The van der Waals surface area contributed by atoms with Gasteiger partial charge in [-0.2, -0.15) is 15.4 Å². The number of rotatable bonds is 2. The van der Waals surface area contributed by atoms with E-state index in [-0.39, 0.29) is 12.0 Å². The number of hydrogen-bond donors (Lipinski definition) is 1. The molecular weight excluding hydrogens is 244 g/mol. The fourth-order valence-electron chi connectivity index (χ4n) is 2.17. The first-order chi connectivity index (χ1) is 9.34. The molecule has 1 unspecified atom stereocenters. The van der Waals surface area contributed by atoms with Crippen molar-refractivity contribution < 1.29 is 9.53 Å². The van der Waals surface area contributed by atoms with E-state index in [1.165, 1.54) is 6.20 Å². The number of benzene rings is 1. The Morgan fingerprint density at radius 3 is 2.95 bits per heavy atom. The number of carbonyl (C=O) groups excluding carboxylic acids is 1. The van der Waals surface area contributed by atoms with E-state index < -0.39 is 0 Å². The van der Waals surface area contributed by atoms with E-state index in [0.717, 1.165) is 5.56 Å². The van der Waals surface area contributed by atoms with Crippen LogP contribution in [-0.2, 0) is 4.74 Å². The van der Waals surface area contributed by atoms with Crippen molar-refractivity contribution in [3.8, 4) is 0 Å². The van der Waals surface area contributed by atoms with Crippen molar-refractivity contribution in [1.82, 2.24) is 20.3 Å². The summed E-state index contributed by atoms with van der Waals surface area (Å²) >= 11 is 0. The van der Waals surface area contributed by atoms with Crippen LogP contribution in [0.15, 0.2) is 36.5 Å². The van der Waals surface area contributed by atoms with Gasteiger partial charge in [-0.1, -0.05) is 30.3 Å². The maximum absolute atomic E-state index is 12.2. The number of aromatic nitrogens is 3. The van der Waals surface area contributed by atoms with Crippen LogP contribution in [0.2, 0.25) is 0 Å². The zero-order valence-corrected chi connectivity index (χ0v) is 10.3. The van der Waals surface area contributed by atoms with Crippen molar-refractivity contribution in [2.75, 3.05) is 19.7 Å². The van der Waals surface area contributed by atoms with Crippen molar-refractivity contribution >= 4 is 5.91 Å². The molecule has 6 heteroatoms. The highest BCUT2D eigenvalue weighted by Crippen LogP contribution is 2.22. The number of nitrogens with zero attached hydrogens (tertiary/aromatic N) is 3. The maximum atomic E-state index is 12.2. The van der Waals surface area contributed by atoms with E-state index in [0.29, 0.717) is 25.4 Å². The average molecular weight is 258 g/mol. The summed E-state index contributed by atoms with van der Waals surface area (Å²) in [6.07, 6.45) is 1.36. The number of H-pyrrole nitrogens is 1. The summed E-state index contributed by atoms with van der Waals surface area (Å²) in [4.78, 5) is 13.9. The Bertz CT molecular complexity index is 541. The van der Waals surface area contributed by atoms with E-state index in [9.17, 15) is 4.79 Å². The Labute approximate surface area is 110 Å². The lowest BCUT2D eigenvalue weighted by molar-refractivity contribution is -0.0230. The molecule has 19 heavy (non-hydrogen) atoms. The molecule has 1 aliphatic rings. The normalized spacial score (nSPS) is 19.4. The van der Waals surface area contributed by atoms with E-state index in [1.807, 2.05) is 30.3 Å². The fourth-order valence-corrected chi connectivity index (χ4v) is 2.17. The van der Waals surface area contributed by atoms with Gasteiger partial charge in [0.05, 0.1) is 19.3 Å². The molecule has 6 nitrogen and oxygen atoms in total. The van der Waals surface area contributed by atoms with Crippen LogP contribution >= 0.6 is 0 Å². The molecule has 0 saturated carbocycles. The molecule has 0 bridgehead atoms. The molecule has 98 valence electrons. The van der Waals surface area contributed by atoms with Crippen molar-refractivity contribution in [2.24, 2.45) is 0 Å². The van der Waals surface area contributed by atoms with Gasteiger partial charge in [-0.25, -0.2) is 0 Å². The van der Waals surface area contributed by atoms with Crippen LogP contribution < -0.4 is 0 Å². The minimum Gasteiger partial charge on any atom is -0.370 e. The molecule has 1 atom stereocenters.